The number of fused-ring (bicyclic) bond motifs is 5. The second-order valence-electron chi connectivity index (χ2n) is 9.83. The van der Waals surface area contributed by atoms with Crippen LogP contribution in [0.5, 0.6) is 11.5 Å². The number of aromatic hydroxyl groups is 1. The summed E-state index contributed by atoms with van der Waals surface area (Å²) in [5.41, 5.74) is 9.57. The van der Waals surface area contributed by atoms with Crippen LogP contribution in [0.1, 0.15) is 61.1 Å². The van der Waals surface area contributed by atoms with Crippen molar-refractivity contribution in [3.8, 4) is 11.5 Å². The molecular weight excluding hydrogens is 374 g/mol. The summed E-state index contributed by atoms with van der Waals surface area (Å²) in [5.74, 6) is 3.17. The SMILES string of the molecule is C[C@]12CC(c3ccc(OCCN)cc3)[C@@H]3c4ccc(O)cc4CC[C@H]3[C@@H]1CCC2O. The van der Waals surface area contributed by atoms with E-state index in [2.05, 4.69) is 37.3 Å². The topological polar surface area (TPSA) is 75.7 Å². The number of phenolic OH excluding ortho intramolecular Hbond substituents is 1. The lowest BCUT2D eigenvalue weighted by Crippen LogP contribution is -2.47. The van der Waals surface area contributed by atoms with Crippen molar-refractivity contribution in [2.45, 2.75) is 57.0 Å². The molecule has 6 atom stereocenters. The molecule has 2 unspecified atom stereocenters. The number of aliphatic hydroxyl groups excluding tert-OH is 1. The summed E-state index contributed by atoms with van der Waals surface area (Å²) in [5, 5.41) is 21.0. The second kappa shape index (κ2) is 7.58. The Morgan fingerprint density at radius 3 is 2.67 bits per heavy atom. The highest BCUT2D eigenvalue weighted by atomic mass is 16.5. The summed E-state index contributed by atoms with van der Waals surface area (Å²) < 4.78 is 5.69. The van der Waals surface area contributed by atoms with Crippen LogP contribution in [-0.4, -0.2) is 29.5 Å². The van der Waals surface area contributed by atoms with Gasteiger partial charge < -0.3 is 20.7 Å². The van der Waals surface area contributed by atoms with Crippen LogP contribution in [0.15, 0.2) is 42.5 Å². The first-order chi connectivity index (χ1) is 14.5. The number of phenols is 1. The largest absolute Gasteiger partial charge is 0.508 e. The van der Waals surface area contributed by atoms with E-state index < -0.39 is 0 Å². The Hall–Kier alpha value is -2.04. The Labute approximate surface area is 179 Å². The van der Waals surface area contributed by atoms with Gasteiger partial charge in [-0.05, 0) is 102 Å². The van der Waals surface area contributed by atoms with Crippen LogP contribution in [0.2, 0.25) is 0 Å². The van der Waals surface area contributed by atoms with Crippen molar-refractivity contribution in [3.05, 3.63) is 59.2 Å². The van der Waals surface area contributed by atoms with Crippen molar-refractivity contribution in [2.75, 3.05) is 13.2 Å². The van der Waals surface area contributed by atoms with Crippen LogP contribution >= 0.6 is 0 Å². The number of benzene rings is 2. The van der Waals surface area contributed by atoms with E-state index >= 15 is 0 Å². The number of hydrogen-bond acceptors (Lipinski definition) is 4. The standard InChI is InChI=1S/C26H33NO3/c1-26-15-22(16-2-6-19(7-3-16)30-13-12-27)25-20-9-5-18(28)14-17(20)4-8-21(25)23(26)10-11-24(26)29/h2-3,5-7,9,14,21-25,28-29H,4,8,10-13,15,27H2,1H3/t21-,22?,23-,24?,25+,26-/m0/s1. The molecule has 0 bridgehead atoms. The van der Waals surface area contributed by atoms with Gasteiger partial charge in [0.2, 0.25) is 0 Å². The number of nitrogens with two attached hydrogens (primary N) is 1. The van der Waals surface area contributed by atoms with Crippen LogP contribution in [0.4, 0.5) is 0 Å². The van der Waals surface area contributed by atoms with Crippen LogP contribution in [0.3, 0.4) is 0 Å². The first-order valence-corrected chi connectivity index (χ1v) is 11.4. The lowest BCUT2D eigenvalue weighted by Gasteiger charge is -2.54. The van der Waals surface area contributed by atoms with Crippen LogP contribution in [-0.2, 0) is 6.42 Å². The van der Waals surface area contributed by atoms with Crippen molar-refractivity contribution in [1.29, 1.82) is 0 Å². The Morgan fingerprint density at radius 2 is 1.90 bits per heavy atom. The highest BCUT2D eigenvalue weighted by molar-refractivity contribution is 5.43. The van der Waals surface area contributed by atoms with Crippen molar-refractivity contribution >= 4 is 0 Å². The fourth-order valence-electron chi connectivity index (χ4n) is 6.98. The first-order valence-electron chi connectivity index (χ1n) is 11.4. The number of aliphatic hydroxyl groups is 1. The molecule has 2 saturated carbocycles. The van der Waals surface area contributed by atoms with Crippen LogP contribution in [0, 0.1) is 17.3 Å². The van der Waals surface area contributed by atoms with Crippen molar-refractivity contribution in [1.82, 2.24) is 0 Å². The number of hydrogen-bond donors (Lipinski definition) is 3. The average molecular weight is 408 g/mol. The van der Waals surface area contributed by atoms with Crippen molar-refractivity contribution < 1.29 is 14.9 Å². The minimum atomic E-state index is -0.209. The third-order valence-electron chi connectivity index (χ3n) is 8.36. The third kappa shape index (κ3) is 3.12. The lowest BCUT2D eigenvalue weighted by atomic mass is 9.51. The monoisotopic (exact) mass is 407 g/mol. The van der Waals surface area contributed by atoms with E-state index in [9.17, 15) is 10.2 Å². The van der Waals surface area contributed by atoms with Gasteiger partial charge in [-0.15, -0.1) is 0 Å². The molecule has 0 radical (unpaired) electrons. The van der Waals surface area contributed by atoms with E-state index in [1.54, 1.807) is 0 Å². The van der Waals surface area contributed by atoms with Crippen LogP contribution < -0.4 is 10.5 Å². The Kier molecular flexibility index (Phi) is 5.03. The first kappa shape index (κ1) is 19.9. The summed E-state index contributed by atoms with van der Waals surface area (Å²) in [4.78, 5) is 0. The Bertz CT molecular complexity index is 911. The van der Waals surface area contributed by atoms with Gasteiger partial charge >= 0.3 is 0 Å². The van der Waals surface area contributed by atoms with E-state index in [1.807, 2.05) is 12.1 Å². The molecule has 3 aliphatic rings. The molecule has 0 amide bonds. The normalized spacial score (nSPS) is 34.7. The molecule has 0 spiro atoms. The quantitative estimate of drug-likeness (QED) is 0.705. The van der Waals surface area contributed by atoms with Gasteiger partial charge in [0.05, 0.1) is 6.10 Å². The predicted octanol–water partition coefficient (Wildman–Crippen LogP) is 4.34. The van der Waals surface area contributed by atoms with E-state index in [0.717, 1.165) is 37.9 Å². The molecule has 160 valence electrons. The lowest BCUT2D eigenvalue weighted by molar-refractivity contribution is -0.0323. The maximum Gasteiger partial charge on any atom is 0.119 e. The van der Waals surface area contributed by atoms with E-state index in [-0.39, 0.29) is 11.5 Å². The molecular formula is C26H33NO3. The molecule has 4 N–H and O–H groups in total. The highest BCUT2D eigenvalue weighted by Gasteiger charge is 2.57. The fraction of sp³-hybridized carbons (Fsp3) is 0.538. The highest BCUT2D eigenvalue weighted by Crippen LogP contribution is 2.65. The zero-order valence-electron chi connectivity index (χ0n) is 17.8. The van der Waals surface area contributed by atoms with Gasteiger partial charge in [0, 0.05) is 6.54 Å². The zero-order valence-corrected chi connectivity index (χ0v) is 17.8. The fourth-order valence-corrected chi connectivity index (χ4v) is 6.98. The molecule has 0 saturated heterocycles. The van der Waals surface area contributed by atoms with Crippen LogP contribution in [0.25, 0.3) is 0 Å². The number of rotatable bonds is 4. The number of aryl methyl sites for hydroxylation is 1. The predicted molar refractivity (Wildman–Crippen MR) is 118 cm³/mol. The molecule has 4 heteroatoms. The summed E-state index contributed by atoms with van der Waals surface area (Å²) in [6.45, 7) is 3.36. The van der Waals surface area contributed by atoms with Crippen molar-refractivity contribution in [2.24, 2.45) is 23.0 Å². The van der Waals surface area contributed by atoms with Gasteiger partial charge in [0.15, 0.2) is 0 Å². The van der Waals surface area contributed by atoms with Gasteiger partial charge in [-0.1, -0.05) is 25.1 Å². The minimum Gasteiger partial charge on any atom is -0.508 e. The molecule has 0 aliphatic heterocycles. The summed E-state index contributed by atoms with van der Waals surface area (Å²) >= 11 is 0. The molecule has 2 aromatic rings. The van der Waals surface area contributed by atoms with Gasteiger partial charge in [-0.25, -0.2) is 0 Å². The zero-order chi connectivity index (χ0) is 20.9. The average Bonchev–Trinajstić information content (AvgIpc) is 3.06. The van der Waals surface area contributed by atoms with Crippen molar-refractivity contribution in [3.63, 3.8) is 0 Å². The summed E-state index contributed by atoms with van der Waals surface area (Å²) in [7, 11) is 0. The molecule has 4 nitrogen and oxygen atoms in total. The van der Waals surface area contributed by atoms with E-state index in [1.165, 1.54) is 16.7 Å². The minimum absolute atomic E-state index is 0.0189. The third-order valence-corrected chi connectivity index (χ3v) is 8.36. The molecule has 30 heavy (non-hydrogen) atoms. The van der Waals surface area contributed by atoms with Gasteiger partial charge in [0.25, 0.3) is 0 Å². The summed E-state index contributed by atoms with van der Waals surface area (Å²) in [6, 6.07) is 14.5. The molecule has 5 rings (SSSR count). The molecule has 0 heterocycles. The van der Waals surface area contributed by atoms with E-state index in [4.69, 9.17) is 10.5 Å². The second-order valence-corrected chi connectivity index (χ2v) is 9.83. The Morgan fingerprint density at radius 1 is 1.10 bits per heavy atom. The molecule has 2 fully saturated rings. The summed E-state index contributed by atoms with van der Waals surface area (Å²) in [6.07, 6.45) is 5.01. The van der Waals surface area contributed by atoms with Gasteiger partial charge in [0.1, 0.15) is 18.1 Å². The number of ether oxygens (including phenoxy) is 1. The molecule has 3 aliphatic carbocycles. The maximum absolute atomic E-state index is 10.9. The van der Waals surface area contributed by atoms with Gasteiger partial charge in [-0.3, -0.25) is 0 Å². The van der Waals surface area contributed by atoms with E-state index in [0.29, 0.717) is 42.6 Å². The molecule has 0 aromatic heterocycles. The maximum atomic E-state index is 10.9. The Balaban J connectivity index is 1.56. The van der Waals surface area contributed by atoms with Gasteiger partial charge in [-0.2, -0.15) is 0 Å². The smallest absolute Gasteiger partial charge is 0.119 e. The molecule has 2 aromatic carbocycles.